The largest absolute Gasteiger partial charge is 0.504 e. The van der Waals surface area contributed by atoms with E-state index in [1.807, 2.05) is 6.92 Å². The minimum Gasteiger partial charge on any atom is -0.504 e. The van der Waals surface area contributed by atoms with Gasteiger partial charge in [-0.2, -0.15) is 0 Å². The number of benzene rings is 1. The number of rotatable bonds is 2. The number of aromatic hydroxyl groups is 1. The fourth-order valence-corrected chi connectivity index (χ4v) is 5.07. The Morgan fingerprint density at radius 1 is 1.12 bits per heavy atom. The first-order valence-corrected chi connectivity index (χ1v) is 9.45. The number of phenols is 1. The maximum Gasteiger partial charge on any atom is 0.308 e. The molecule has 3 heteroatoms. The molecule has 0 saturated carbocycles. The quantitative estimate of drug-likeness (QED) is 0.426. The molecule has 0 spiro atoms. The van der Waals surface area contributed by atoms with Crippen LogP contribution in [-0.2, 0) is 4.79 Å². The molecule has 3 nitrogen and oxygen atoms in total. The van der Waals surface area contributed by atoms with Gasteiger partial charge < -0.3 is 9.84 Å². The normalized spacial score (nSPS) is 27.4. The molecule has 0 aliphatic heterocycles. The molecule has 4 atom stereocenters. The van der Waals surface area contributed by atoms with Gasteiger partial charge in [-0.25, -0.2) is 0 Å². The van der Waals surface area contributed by atoms with Crippen molar-refractivity contribution in [2.24, 2.45) is 5.92 Å². The maximum atomic E-state index is 11.6. The molecule has 2 aliphatic carbocycles. The van der Waals surface area contributed by atoms with Crippen molar-refractivity contribution in [1.29, 1.82) is 0 Å². The summed E-state index contributed by atoms with van der Waals surface area (Å²) < 4.78 is 5.46. The topological polar surface area (TPSA) is 46.5 Å². The summed E-state index contributed by atoms with van der Waals surface area (Å²) in [5, 5.41) is 11.0. The van der Waals surface area contributed by atoms with E-state index in [-0.39, 0.29) is 17.6 Å². The summed E-state index contributed by atoms with van der Waals surface area (Å²) in [4.78, 5) is 11.6. The number of hydrogen-bond acceptors (Lipinski definition) is 3. The van der Waals surface area contributed by atoms with E-state index in [1.54, 1.807) is 0 Å². The Labute approximate surface area is 151 Å². The van der Waals surface area contributed by atoms with E-state index in [0.717, 1.165) is 24.0 Å². The van der Waals surface area contributed by atoms with Crippen molar-refractivity contribution in [3.8, 4) is 11.5 Å². The summed E-state index contributed by atoms with van der Waals surface area (Å²) in [6.07, 6.45) is 5.70. The van der Waals surface area contributed by atoms with Crippen molar-refractivity contribution in [2.45, 2.75) is 78.6 Å². The van der Waals surface area contributed by atoms with Crippen LogP contribution in [0.3, 0.4) is 0 Å². The highest BCUT2D eigenvalue weighted by Gasteiger charge is 2.41. The van der Waals surface area contributed by atoms with Crippen LogP contribution in [-0.4, -0.2) is 11.1 Å². The van der Waals surface area contributed by atoms with Gasteiger partial charge in [-0.3, -0.25) is 4.79 Å². The van der Waals surface area contributed by atoms with E-state index in [1.165, 1.54) is 30.0 Å². The Morgan fingerprint density at radius 3 is 2.40 bits per heavy atom. The third-order valence-electron chi connectivity index (χ3n) is 6.03. The first-order valence-electron chi connectivity index (χ1n) is 9.45. The molecular weight excluding hydrogens is 312 g/mol. The van der Waals surface area contributed by atoms with E-state index in [9.17, 15) is 9.90 Å². The van der Waals surface area contributed by atoms with Gasteiger partial charge in [0, 0.05) is 18.4 Å². The molecule has 0 saturated heterocycles. The second kappa shape index (κ2) is 6.51. The number of carbonyl (C=O) groups excluding carboxylic acids is 1. The molecule has 1 unspecified atom stereocenters. The highest BCUT2D eigenvalue weighted by molar-refractivity contribution is 5.74. The Kier molecular flexibility index (Phi) is 4.70. The molecule has 0 fully saturated rings. The number of ether oxygens (including phenoxy) is 1. The average molecular weight is 342 g/mol. The monoisotopic (exact) mass is 342 g/mol. The summed E-state index contributed by atoms with van der Waals surface area (Å²) >= 11 is 0. The van der Waals surface area contributed by atoms with Crippen molar-refractivity contribution < 1.29 is 14.6 Å². The predicted molar refractivity (Wildman–Crippen MR) is 100 cm³/mol. The molecule has 1 aromatic rings. The van der Waals surface area contributed by atoms with Crippen LogP contribution < -0.4 is 4.74 Å². The van der Waals surface area contributed by atoms with Crippen LogP contribution in [0.25, 0.3) is 0 Å². The molecule has 136 valence electrons. The molecule has 0 bridgehead atoms. The zero-order valence-electron chi connectivity index (χ0n) is 16.3. The van der Waals surface area contributed by atoms with Gasteiger partial charge in [0.05, 0.1) is 0 Å². The molecule has 2 aliphatic rings. The summed E-state index contributed by atoms with van der Waals surface area (Å²) in [5.74, 6) is 1.89. The Balaban J connectivity index is 2.34. The Bertz CT molecular complexity index is 740. The number of hydrogen-bond donors (Lipinski definition) is 1. The lowest BCUT2D eigenvalue weighted by Gasteiger charge is -2.43. The summed E-state index contributed by atoms with van der Waals surface area (Å²) in [7, 11) is 0. The van der Waals surface area contributed by atoms with Crippen molar-refractivity contribution >= 4 is 5.97 Å². The lowest BCUT2D eigenvalue weighted by atomic mass is 9.62. The molecule has 1 aromatic carbocycles. The minimum atomic E-state index is -0.381. The third kappa shape index (κ3) is 2.98. The lowest BCUT2D eigenvalue weighted by Crippen LogP contribution is -2.28. The van der Waals surface area contributed by atoms with E-state index in [0.29, 0.717) is 23.5 Å². The average Bonchev–Trinajstić information content (AvgIpc) is 2.49. The van der Waals surface area contributed by atoms with Gasteiger partial charge in [-0.15, -0.1) is 0 Å². The first kappa shape index (κ1) is 18.0. The highest BCUT2D eigenvalue weighted by Crippen LogP contribution is 2.57. The second-order valence-corrected chi connectivity index (χ2v) is 8.29. The van der Waals surface area contributed by atoms with Crippen LogP contribution >= 0.6 is 0 Å². The van der Waals surface area contributed by atoms with Crippen LogP contribution in [0, 0.1) is 12.8 Å². The third-order valence-corrected chi connectivity index (χ3v) is 6.03. The van der Waals surface area contributed by atoms with Crippen LogP contribution in [0.1, 0.15) is 93.9 Å². The van der Waals surface area contributed by atoms with Crippen LogP contribution in [0.2, 0.25) is 0 Å². The molecule has 0 amide bonds. The fraction of sp³-hybridized carbons (Fsp3) is 0.591. The second-order valence-electron chi connectivity index (χ2n) is 8.29. The standard InChI is InChI=1S/C22H30O3/c1-11(2)9-16-10-13(4)17-8-7-12(3)18-20(17)19(16)14(5)22(21(18)24)25-15(6)23/h9,12-13,16-17,24H,7-8,10H2,1-6H3/t12-,13-,16+,17?/m0/s1. The number of phenolic OH excluding ortho intramolecular Hbond substituents is 1. The summed E-state index contributed by atoms with van der Waals surface area (Å²) in [5.41, 5.74) is 5.88. The van der Waals surface area contributed by atoms with Gasteiger partial charge in [0.15, 0.2) is 11.5 Å². The van der Waals surface area contributed by atoms with E-state index in [2.05, 4.69) is 33.8 Å². The predicted octanol–water partition coefficient (Wildman–Crippen LogP) is 5.70. The zero-order valence-corrected chi connectivity index (χ0v) is 16.3. The molecule has 25 heavy (non-hydrogen) atoms. The molecule has 0 heterocycles. The maximum absolute atomic E-state index is 11.6. The number of allylic oxidation sites excluding steroid dienone is 2. The smallest absolute Gasteiger partial charge is 0.308 e. The minimum absolute atomic E-state index is 0.189. The van der Waals surface area contributed by atoms with Gasteiger partial charge >= 0.3 is 5.97 Å². The van der Waals surface area contributed by atoms with E-state index >= 15 is 0 Å². The van der Waals surface area contributed by atoms with E-state index in [4.69, 9.17) is 4.74 Å². The van der Waals surface area contributed by atoms with Gasteiger partial charge in [0.25, 0.3) is 0 Å². The van der Waals surface area contributed by atoms with Crippen molar-refractivity contribution in [3.05, 3.63) is 33.9 Å². The fourth-order valence-electron chi connectivity index (χ4n) is 5.07. The summed E-state index contributed by atoms with van der Waals surface area (Å²) in [6.45, 7) is 12.2. The first-order chi connectivity index (χ1) is 11.7. The van der Waals surface area contributed by atoms with Crippen LogP contribution in [0.5, 0.6) is 11.5 Å². The number of carbonyl (C=O) groups is 1. The van der Waals surface area contributed by atoms with Gasteiger partial charge in [0.1, 0.15) is 0 Å². The zero-order chi connectivity index (χ0) is 18.5. The Morgan fingerprint density at radius 2 is 1.80 bits per heavy atom. The SMILES string of the molecule is CC(=O)Oc1c(C)c2c3c(c1O)[C@@H](C)CCC3[C@@H](C)C[C@H]2C=C(C)C. The van der Waals surface area contributed by atoms with Gasteiger partial charge in [0.2, 0.25) is 0 Å². The summed E-state index contributed by atoms with van der Waals surface area (Å²) in [6, 6.07) is 0. The number of esters is 1. The van der Waals surface area contributed by atoms with Crippen LogP contribution in [0.4, 0.5) is 0 Å². The molecule has 1 N–H and O–H groups in total. The Hall–Kier alpha value is -1.77. The molecule has 0 radical (unpaired) electrons. The van der Waals surface area contributed by atoms with Crippen molar-refractivity contribution in [1.82, 2.24) is 0 Å². The highest BCUT2D eigenvalue weighted by atomic mass is 16.5. The lowest BCUT2D eigenvalue weighted by molar-refractivity contribution is -0.132. The van der Waals surface area contributed by atoms with Gasteiger partial charge in [-0.05, 0) is 74.5 Å². The van der Waals surface area contributed by atoms with Crippen molar-refractivity contribution in [3.63, 3.8) is 0 Å². The van der Waals surface area contributed by atoms with Crippen LogP contribution in [0.15, 0.2) is 11.6 Å². The molecule has 0 aromatic heterocycles. The van der Waals surface area contributed by atoms with E-state index < -0.39 is 0 Å². The van der Waals surface area contributed by atoms with Crippen molar-refractivity contribution in [2.75, 3.05) is 0 Å². The molecular formula is C22H30O3. The molecule has 3 rings (SSSR count). The van der Waals surface area contributed by atoms with Gasteiger partial charge in [-0.1, -0.05) is 25.5 Å².